The quantitative estimate of drug-likeness (QED) is 0.107. The Labute approximate surface area is 373 Å². The minimum absolute atomic E-state index is 0. The summed E-state index contributed by atoms with van der Waals surface area (Å²) in [5.74, 6) is 2.83. The first-order valence-corrected chi connectivity index (χ1v) is 21.9. The molecule has 0 bridgehead atoms. The van der Waals surface area contributed by atoms with E-state index in [1.807, 2.05) is 36.4 Å². The molecule has 7 aromatic rings. The van der Waals surface area contributed by atoms with E-state index in [-0.39, 0.29) is 26.1 Å². The molecule has 1 atom stereocenters. The molecule has 61 heavy (non-hydrogen) atoms. The van der Waals surface area contributed by atoms with E-state index in [4.69, 9.17) is 28.0 Å². The molecule has 309 valence electrons. The zero-order valence-electron chi connectivity index (χ0n) is 34.0. The van der Waals surface area contributed by atoms with E-state index in [1.165, 1.54) is 0 Å². The predicted molar refractivity (Wildman–Crippen MR) is 244 cm³/mol. The fourth-order valence-corrected chi connectivity index (χ4v) is 9.61. The van der Waals surface area contributed by atoms with E-state index in [9.17, 15) is 0 Å². The molecule has 1 radical (unpaired) electrons. The topological polar surface area (TPSA) is 58.5 Å². The molecule has 0 amide bonds. The normalized spacial score (nSPS) is 15.8. The number of benzene rings is 7. The molecule has 0 saturated carbocycles. The van der Waals surface area contributed by atoms with Crippen molar-refractivity contribution in [2.45, 2.75) is 50.2 Å². The van der Waals surface area contributed by atoms with Gasteiger partial charge in [0.1, 0.15) is 18.4 Å². The van der Waals surface area contributed by atoms with Gasteiger partial charge in [0.2, 0.25) is 5.90 Å². The Morgan fingerprint density at radius 1 is 0.623 bits per heavy atom. The van der Waals surface area contributed by atoms with Crippen LogP contribution in [-0.4, -0.2) is 31.3 Å². The largest absolute Gasteiger partial charge is 0.500 e. The van der Waals surface area contributed by atoms with E-state index >= 15 is 0 Å². The molecule has 0 aromatic heterocycles. The third kappa shape index (κ3) is 9.67. The molecule has 8 heteroatoms. The minimum Gasteiger partial charge on any atom is -0.500 e. The molecule has 3 aliphatic rings. The van der Waals surface area contributed by atoms with Gasteiger partial charge < -0.3 is 21.6 Å². The smallest absolute Gasteiger partial charge is 0.486 e. The Hall–Kier alpha value is -5.55. The van der Waals surface area contributed by atoms with Gasteiger partial charge in [0.25, 0.3) is 0 Å². The zero-order chi connectivity index (χ0) is 40.6. The molecule has 7 aromatic carbocycles. The Balaban J connectivity index is 0.000000515. The van der Waals surface area contributed by atoms with Crippen LogP contribution in [-0.2, 0) is 42.2 Å². The van der Waals surface area contributed by atoms with Crippen LogP contribution in [0.3, 0.4) is 0 Å². The van der Waals surface area contributed by atoms with Crippen molar-refractivity contribution in [3.8, 4) is 28.4 Å². The third-order valence-electron chi connectivity index (χ3n) is 11.1. The van der Waals surface area contributed by atoms with Crippen LogP contribution in [0, 0.1) is 12.2 Å². The summed E-state index contributed by atoms with van der Waals surface area (Å²) >= 11 is 0. The van der Waals surface area contributed by atoms with Gasteiger partial charge in [-0.1, -0.05) is 134 Å². The number of hydrogen-bond acceptors (Lipinski definition) is 6. The Morgan fingerprint density at radius 3 is 1.66 bits per heavy atom. The number of methoxy groups -OCH3 is 1. The number of allylic oxidation sites excluding steroid dienone is 4. The summed E-state index contributed by atoms with van der Waals surface area (Å²) in [7, 11) is -0.843. The number of hydrogen-bond donors (Lipinski definition) is 0. The second-order valence-electron chi connectivity index (χ2n) is 15.1. The first-order chi connectivity index (χ1) is 29.7. The molecule has 2 aliphatic heterocycles. The number of fused-ring (bicyclic) bond motifs is 7. The van der Waals surface area contributed by atoms with Crippen LogP contribution in [0.25, 0.3) is 32.7 Å². The molecule has 0 saturated heterocycles. The monoisotopic (exact) mass is 1000 g/mol. The van der Waals surface area contributed by atoms with Gasteiger partial charge in [-0.15, -0.1) is 0 Å². The Bertz CT molecular complexity index is 2490. The van der Waals surface area contributed by atoms with Crippen LogP contribution in [0.1, 0.15) is 42.4 Å². The molecule has 0 spiro atoms. The first kappa shape index (κ1) is 42.2. The summed E-state index contributed by atoms with van der Waals surface area (Å²) in [4.78, 5) is 5.27. The van der Waals surface area contributed by atoms with Gasteiger partial charge in [-0.05, 0) is 69.1 Å². The maximum atomic E-state index is 7.46. The fraction of sp³-hybridized carbons (Fsp3) is 0.189. The van der Waals surface area contributed by atoms with Crippen molar-refractivity contribution >= 4 is 36.0 Å². The minimum atomic E-state index is -2.51. The molecular formula is C53H47IrNO5P-. The summed E-state index contributed by atoms with van der Waals surface area (Å²) in [6.45, 7) is 0.346. The van der Waals surface area contributed by atoms with E-state index in [2.05, 4.69) is 146 Å². The molecule has 2 heterocycles. The van der Waals surface area contributed by atoms with Crippen molar-refractivity contribution in [1.29, 1.82) is 0 Å². The zero-order valence-corrected chi connectivity index (χ0v) is 37.4. The first-order valence-electron chi connectivity index (χ1n) is 20.6. The molecule has 0 unspecified atom stereocenters. The van der Waals surface area contributed by atoms with Gasteiger partial charge in [0.15, 0.2) is 17.1 Å². The second-order valence-corrected chi connectivity index (χ2v) is 16.3. The van der Waals surface area contributed by atoms with Gasteiger partial charge >= 0.3 is 8.60 Å². The fourth-order valence-electron chi connectivity index (χ4n) is 8.17. The molecule has 0 fully saturated rings. The maximum Gasteiger partial charge on any atom is 0.486 e. The Morgan fingerprint density at radius 2 is 1.13 bits per heavy atom. The maximum absolute atomic E-state index is 7.46. The van der Waals surface area contributed by atoms with Crippen molar-refractivity contribution in [2.24, 2.45) is 4.99 Å². The molecule has 6 nitrogen and oxygen atoms in total. The van der Waals surface area contributed by atoms with Gasteiger partial charge in [-0.3, -0.25) is 21.2 Å². The standard InChI is InChI=1S/C45H37NO5P.C8H10.Ir/c1-47-36-24-20-35(21-25-36)44-46-41(30-48-44)45(28-31-12-4-2-5-13-31,29-32-14-6-3-7-15-32)51-52-49-39-26-22-33-16-8-10-18-37(33)42(39)43-38-19-11-9-17-34(38)23-27-40(43)50-52;1-2-4-6-8-7-5-3-1;/h2-27,41,52H,28-30H2,1H3;1,8H,2,4-5,7H2;/q+1;-2;/t41-;;/m1../s1. The van der Waals surface area contributed by atoms with Gasteiger partial charge in [0.05, 0.1) is 7.11 Å². The van der Waals surface area contributed by atoms with Crippen LogP contribution in [0.4, 0.5) is 0 Å². The number of nitrogens with zero attached hydrogens (tertiary/aromatic N) is 1. The molecular weight excluding hydrogens is 954 g/mol. The van der Waals surface area contributed by atoms with Crippen LogP contribution in [0.2, 0.25) is 0 Å². The average molecular weight is 1000 g/mol. The second kappa shape index (κ2) is 19.9. The van der Waals surface area contributed by atoms with Crippen LogP contribution >= 0.6 is 8.60 Å². The van der Waals surface area contributed by atoms with Crippen LogP contribution in [0.5, 0.6) is 17.2 Å². The van der Waals surface area contributed by atoms with E-state index in [1.54, 1.807) is 7.11 Å². The van der Waals surface area contributed by atoms with Gasteiger partial charge in [0, 0.05) is 49.6 Å². The predicted octanol–water partition coefficient (Wildman–Crippen LogP) is 12.8. The summed E-state index contributed by atoms with van der Waals surface area (Å²) in [5.41, 5.74) is 4.25. The van der Waals surface area contributed by atoms with Crippen molar-refractivity contribution in [2.75, 3.05) is 13.7 Å². The summed E-state index contributed by atoms with van der Waals surface area (Å²) in [6, 6.07) is 53.5. The van der Waals surface area contributed by atoms with Crippen molar-refractivity contribution in [3.05, 3.63) is 199 Å². The summed E-state index contributed by atoms with van der Waals surface area (Å²) in [6.07, 6.45) is 16.1. The molecule has 10 rings (SSSR count). The van der Waals surface area contributed by atoms with E-state index < -0.39 is 14.2 Å². The van der Waals surface area contributed by atoms with E-state index in [0.29, 0.717) is 25.3 Å². The SMILES string of the molecule is COc1ccc(C2=N[C@@H](C(Cc3ccccc3)(Cc3ccccc3)O[PH+]3Oc4ccc5ccccc5c4-c4c(ccc5ccccc45)O3)CO2)cc1.[C-]1=CCC[C-]=CCC1.[Ir]. The van der Waals surface area contributed by atoms with Crippen molar-refractivity contribution in [1.82, 2.24) is 0 Å². The van der Waals surface area contributed by atoms with Crippen molar-refractivity contribution < 1.29 is 43.2 Å². The van der Waals surface area contributed by atoms with Gasteiger partial charge in [-0.25, -0.2) is 4.99 Å². The van der Waals surface area contributed by atoms with Gasteiger partial charge in [-0.2, -0.15) is 17.4 Å². The average Bonchev–Trinajstić information content (AvgIpc) is 3.73. The Kier molecular flexibility index (Phi) is 13.7. The molecule has 0 N–H and O–H groups in total. The molecule has 1 aliphatic carbocycles. The number of rotatable bonds is 9. The van der Waals surface area contributed by atoms with Crippen LogP contribution < -0.4 is 13.8 Å². The van der Waals surface area contributed by atoms with Crippen molar-refractivity contribution in [3.63, 3.8) is 0 Å². The van der Waals surface area contributed by atoms with E-state index in [0.717, 1.165) is 92.3 Å². The number of aliphatic imine (C=N–C) groups is 1. The van der Waals surface area contributed by atoms with Crippen LogP contribution in [0.15, 0.2) is 175 Å². The summed E-state index contributed by atoms with van der Waals surface area (Å²) < 4.78 is 33.2. The third-order valence-corrected chi connectivity index (χ3v) is 12.5. The summed E-state index contributed by atoms with van der Waals surface area (Å²) in [5, 5.41) is 4.46. The number of ether oxygens (including phenoxy) is 2.